The lowest BCUT2D eigenvalue weighted by atomic mass is 9.86. The number of rotatable bonds is 4. The molecule has 1 aromatic carbocycles. The van der Waals surface area contributed by atoms with Crippen molar-refractivity contribution >= 4 is 15.9 Å². The van der Waals surface area contributed by atoms with Crippen molar-refractivity contribution in [3.05, 3.63) is 27.7 Å². The molecule has 0 aliphatic heterocycles. The van der Waals surface area contributed by atoms with Crippen LogP contribution in [0.4, 0.5) is 0 Å². The first-order valence-corrected chi connectivity index (χ1v) is 6.98. The van der Waals surface area contributed by atoms with Crippen molar-refractivity contribution in [1.29, 1.82) is 0 Å². The lowest BCUT2D eigenvalue weighted by Gasteiger charge is -2.26. The van der Waals surface area contributed by atoms with E-state index in [1.54, 1.807) is 6.92 Å². The molecule has 0 spiro atoms. The summed E-state index contributed by atoms with van der Waals surface area (Å²) in [7, 11) is 0. The van der Waals surface area contributed by atoms with Gasteiger partial charge in [-0.3, -0.25) is 0 Å². The van der Waals surface area contributed by atoms with Crippen molar-refractivity contribution in [1.82, 2.24) is 0 Å². The predicted molar refractivity (Wildman–Crippen MR) is 72.3 cm³/mol. The maximum absolute atomic E-state index is 9.79. The molecule has 1 atom stereocenters. The fourth-order valence-corrected chi connectivity index (χ4v) is 2.78. The van der Waals surface area contributed by atoms with Gasteiger partial charge >= 0.3 is 0 Å². The van der Waals surface area contributed by atoms with E-state index in [4.69, 9.17) is 4.74 Å². The summed E-state index contributed by atoms with van der Waals surface area (Å²) in [6.07, 6.45) is 3.37. The summed E-state index contributed by atoms with van der Waals surface area (Å²) in [5, 5.41) is 9.79. The van der Waals surface area contributed by atoms with Gasteiger partial charge < -0.3 is 9.84 Å². The molecule has 0 amide bonds. The van der Waals surface area contributed by atoms with Crippen LogP contribution in [0.15, 0.2) is 16.6 Å². The highest BCUT2D eigenvalue weighted by Crippen LogP contribution is 2.36. The maximum atomic E-state index is 9.79. The van der Waals surface area contributed by atoms with Crippen LogP contribution >= 0.6 is 15.9 Å². The zero-order valence-corrected chi connectivity index (χ0v) is 12.0. The zero-order chi connectivity index (χ0) is 12.4. The third-order valence-electron chi connectivity index (χ3n) is 3.35. The van der Waals surface area contributed by atoms with E-state index in [0.717, 1.165) is 28.0 Å². The van der Waals surface area contributed by atoms with E-state index in [1.165, 1.54) is 19.3 Å². The summed E-state index contributed by atoms with van der Waals surface area (Å²) in [4.78, 5) is 0. The van der Waals surface area contributed by atoms with E-state index < -0.39 is 6.10 Å². The van der Waals surface area contributed by atoms with Crippen molar-refractivity contribution in [2.45, 2.75) is 39.2 Å². The highest BCUT2D eigenvalue weighted by Gasteiger charge is 2.20. The smallest absolute Gasteiger partial charge is 0.139 e. The summed E-state index contributed by atoms with van der Waals surface area (Å²) in [6.45, 7) is 4.56. The first-order valence-electron chi connectivity index (χ1n) is 6.19. The summed E-state index contributed by atoms with van der Waals surface area (Å²) in [5.74, 6) is 1.50. The van der Waals surface area contributed by atoms with Crippen molar-refractivity contribution in [3.63, 3.8) is 0 Å². The summed E-state index contributed by atoms with van der Waals surface area (Å²) < 4.78 is 6.82. The Morgan fingerprint density at radius 1 is 1.47 bits per heavy atom. The van der Waals surface area contributed by atoms with Crippen LogP contribution in [0.25, 0.3) is 0 Å². The number of aryl methyl sites for hydroxylation is 1. The number of aliphatic hydroxyl groups is 1. The van der Waals surface area contributed by atoms with Crippen LogP contribution in [0.1, 0.15) is 43.4 Å². The number of benzene rings is 1. The number of hydrogen-bond acceptors (Lipinski definition) is 2. The van der Waals surface area contributed by atoms with Crippen molar-refractivity contribution < 1.29 is 9.84 Å². The van der Waals surface area contributed by atoms with Gasteiger partial charge in [-0.1, -0.05) is 6.42 Å². The Kier molecular flexibility index (Phi) is 4.10. The minimum atomic E-state index is -0.498. The van der Waals surface area contributed by atoms with Gasteiger partial charge in [0, 0.05) is 5.56 Å². The van der Waals surface area contributed by atoms with E-state index in [2.05, 4.69) is 15.9 Å². The van der Waals surface area contributed by atoms with E-state index in [9.17, 15) is 5.11 Å². The number of halogens is 1. The highest BCUT2D eigenvalue weighted by molar-refractivity contribution is 9.10. The van der Waals surface area contributed by atoms with Crippen molar-refractivity contribution in [3.8, 4) is 5.75 Å². The minimum Gasteiger partial charge on any atom is -0.492 e. The first kappa shape index (κ1) is 12.9. The average Bonchev–Trinajstić information content (AvgIpc) is 2.17. The van der Waals surface area contributed by atoms with Crippen molar-refractivity contribution in [2.75, 3.05) is 6.61 Å². The zero-order valence-electron chi connectivity index (χ0n) is 10.4. The van der Waals surface area contributed by atoms with Crippen LogP contribution in [-0.4, -0.2) is 11.7 Å². The van der Waals surface area contributed by atoms with Crippen LogP contribution in [0.3, 0.4) is 0 Å². The monoisotopic (exact) mass is 298 g/mol. The molecule has 1 aliphatic carbocycles. The summed E-state index contributed by atoms with van der Waals surface area (Å²) in [5.41, 5.74) is 2.00. The van der Waals surface area contributed by atoms with Gasteiger partial charge in [0.1, 0.15) is 5.75 Å². The number of hydrogen-bond donors (Lipinski definition) is 1. The molecule has 0 saturated heterocycles. The lowest BCUT2D eigenvalue weighted by molar-refractivity contribution is 0.163. The van der Waals surface area contributed by atoms with Gasteiger partial charge in [0.25, 0.3) is 0 Å². The third-order valence-corrected chi connectivity index (χ3v) is 3.94. The molecule has 0 aromatic heterocycles. The topological polar surface area (TPSA) is 29.5 Å². The van der Waals surface area contributed by atoms with E-state index in [1.807, 2.05) is 19.1 Å². The Balaban J connectivity index is 2.17. The largest absolute Gasteiger partial charge is 0.492 e. The van der Waals surface area contributed by atoms with Gasteiger partial charge in [-0.25, -0.2) is 0 Å². The van der Waals surface area contributed by atoms with Crippen LogP contribution < -0.4 is 4.74 Å². The first-order chi connectivity index (χ1) is 8.08. The van der Waals surface area contributed by atoms with Gasteiger partial charge in [0.05, 0.1) is 17.2 Å². The van der Waals surface area contributed by atoms with Gasteiger partial charge in [0.2, 0.25) is 0 Å². The lowest BCUT2D eigenvalue weighted by Crippen LogP contribution is -2.20. The molecule has 94 valence electrons. The second-order valence-electron chi connectivity index (χ2n) is 4.95. The Morgan fingerprint density at radius 2 is 2.18 bits per heavy atom. The molecule has 0 bridgehead atoms. The molecule has 2 rings (SSSR count). The SMILES string of the molecule is Cc1cc(Br)c(OCC2CCC2)c(C(C)O)c1. The predicted octanol–water partition coefficient (Wildman–Crippen LogP) is 3.99. The number of ether oxygens (including phenoxy) is 1. The van der Waals surface area contributed by atoms with Crippen LogP contribution in [-0.2, 0) is 0 Å². The normalized spacial score (nSPS) is 17.6. The molecule has 1 aliphatic rings. The maximum Gasteiger partial charge on any atom is 0.139 e. The van der Waals surface area contributed by atoms with E-state index in [0.29, 0.717) is 5.92 Å². The molecule has 0 heterocycles. The molecular weight excluding hydrogens is 280 g/mol. The number of aliphatic hydroxyl groups excluding tert-OH is 1. The second kappa shape index (κ2) is 5.40. The van der Waals surface area contributed by atoms with E-state index in [-0.39, 0.29) is 0 Å². The Hall–Kier alpha value is -0.540. The van der Waals surface area contributed by atoms with Gasteiger partial charge in [-0.2, -0.15) is 0 Å². The molecule has 0 radical (unpaired) electrons. The molecule has 17 heavy (non-hydrogen) atoms. The van der Waals surface area contributed by atoms with Gasteiger partial charge in [0.15, 0.2) is 0 Å². The molecule has 1 aromatic rings. The van der Waals surface area contributed by atoms with Gasteiger partial charge in [-0.15, -0.1) is 0 Å². The second-order valence-corrected chi connectivity index (χ2v) is 5.80. The summed E-state index contributed by atoms with van der Waals surface area (Å²) in [6, 6.07) is 4.02. The highest BCUT2D eigenvalue weighted by atomic mass is 79.9. The van der Waals surface area contributed by atoms with Crippen LogP contribution in [0.2, 0.25) is 0 Å². The average molecular weight is 299 g/mol. The Morgan fingerprint density at radius 3 is 2.71 bits per heavy atom. The van der Waals surface area contributed by atoms with Crippen LogP contribution in [0, 0.1) is 12.8 Å². The Bertz CT molecular complexity index is 397. The van der Waals surface area contributed by atoms with Crippen molar-refractivity contribution in [2.24, 2.45) is 5.92 Å². The molecule has 2 nitrogen and oxygen atoms in total. The molecule has 1 saturated carbocycles. The van der Waals surface area contributed by atoms with Crippen LogP contribution in [0.5, 0.6) is 5.75 Å². The fourth-order valence-electron chi connectivity index (χ4n) is 2.08. The Labute approximate surface area is 111 Å². The minimum absolute atomic E-state index is 0.498. The molecule has 1 unspecified atom stereocenters. The molecule has 3 heteroatoms. The molecule has 1 N–H and O–H groups in total. The fraction of sp³-hybridized carbons (Fsp3) is 0.571. The standard InChI is InChI=1S/C14H19BrO2/c1-9-6-12(10(2)16)14(13(15)7-9)17-8-11-4-3-5-11/h6-7,10-11,16H,3-5,8H2,1-2H3. The summed E-state index contributed by atoms with van der Waals surface area (Å²) >= 11 is 3.52. The van der Waals surface area contributed by atoms with E-state index >= 15 is 0 Å². The van der Waals surface area contributed by atoms with Gasteiger partial charge in [-0.05, 0) is 66.2 Å². The molecular formula is C14H19BrO2. The third kappa shape index (κ3) is 3.02. The quantitative estimate of drug-likeness (QED) is 0.911. The molecule has 1 fully saturated rings.